The maximum Gasteiger partial charge on any atom is 0.160 e. The molecule has 2 aliphatic heterocycles. The van der Waals surface area contributed by atoms with Gasteiger partial charge in [0.1, 0.15) is 11.3 Å². The van der Waals surface area contributed by atoms with Crippen LogP contribution in [0.1, 0.15) is 37.5 Å². The Bertz CT molecular complexity index is 612. The minimum absolute atomic E-state index is 0.586. The highest BCUT2D eigenvalue weighted by atomic mass is 32.2. The molecule has 112 valence electrons. The first-order chi connectivity index (χ1) is 10.4. The number of pyridine rings is 1. The van der Waals surface area contributed by atoms with Crippen LogP contribution in [0, 0.1) is 0 Å². The Labute approximate surface area is 129 Å². The molecule has 2 aliphatic rings. The quantitative estimate of drug-likeness (QED) is 0.947. The van der Waals surface area contributed by atoms with Crippen molar-refractivity contribution < 1.29 is 0 Å². The SMILES string of the molecule is c1cnc2c(c1)nc(CC1CCCN1)n2C1CCSCC1. The number of thioether (sulfide) groups is 1. The molecule has 4 rings (SSSR count). The zero-order valence-corrected chi connectivity index (χ0v) is 13.1. The van der Waals surface area contributed by atoms with E-state index in [0.717, 1.165) is 24.1 Å². The van der Waals surface area contributed by atoms with E-state index in [0.29, 0.717) is 12.1 Å². The second-order valence-electron chi connectivity index (χ2n) is 6.09. The van der Waals surface area contributed by atoms with Crippen molar-refractivity contribution in [3.05, 3.63) is 24.2 Å². The van der Waals surface area contributed by atoms with Crippen LogP contribution in [0.15, 0.2) is 18.3 Å². The number of rotatable bonds is 3. The summed E-state index contributed by atoms with van der Waals surface area (Å²) in [4.78, 5) is 9.53. The second-order valence-corrected chi connectivity index (χ2v) is 7.31. The maximum atomic E-state index is 4.91. The Kier molecular flexibility index (Phi) is 3.86. The Balaban J connectivity index is 1.72. The zero-order valence-electron chi connectivity index (χ0n) is 12.3. The van der Waals surface area contributed by atoms with Gasteiger partial charge in [0, 0.05) is 24.7 Å². The van der Waals surface area contributed by atoms with Crippen molar-refractivity contribution in [3.8, 4) is 0 Å². The monoisotopic (exact) mass is 302 g/mol. The largest absolute Gasteiger partial charge is 0.314 e. The molecule has 21 heavy (non-hydrogen) atoms. The van der Waals surface area contributed by atoms with Crippen LogP contribution in [0.5, 0.6) is 0 Å². The molecular formula is C16H22N4S. The molecular weight excluding hydrogens is 280 g/mol. The molecule has 0 radical (unpaired) electrons. The van der Waals surface area contributed by atoms with Crippen molar-refractivity contribution in [1.29, 1.82) is 0 Å². The lowest BCUT2D eigenvalue weighted by atomic mass is 10.1. The van der Waals surface area contributed by atoms with Gasteiger partial charge in [0.05, 0.1) is 0 Å². The minimum Gasteiger partial charge on any atom is -0.314 e. The maximum absolute atomic E-state index is 4.91. The summed E-state index contributed by atoms with van der Waals surface area (Å²) in [5.41, 5.74) is 2.14. The Morgan fingerprint density at radius 2 is 2.19 bits per heavy atom. The number of nitrogens with one attached hydrogen (secondary N) is 1. The van der Waals surface area contributed by atoms with E-state index in [1.807, 2.05) is 12.3 Å². The van der Waals surface area contributed by atoms with Crippen LogP contribution in [0.2, 0.25) is 0 Å². The predicted octanol–water partition coefficient (Wildman–Crippen LogP) is 2.79. The molecule has 0 amide bonds. The van der Waals surface area contributed by atoms with E-state index in [1.165, 1.54) is 43.0 Å². The fourth-order valence-corrected chi connectivity index (χ4v) is 4.68. The van der Waals surface area contributed by atoms with E-state index in [-0.39, 0.29) is 0 Å². The van der Waals surface area contributed by atoms with Gasteiger partial charge in [-0.05, 0) is 55.9 Å². The third kappa shape index (κ3) is 2.69. The van der Waals surface area contributed by atoms with Crippen LogP contribution in [0.4, 0.5) is 0 Å². The first-order valence-corrected chi connectivity index (χ1v) is 9.20. The van der Waals surface area contributed by atoms with Gasteiger partial charge in [-0.3, -0.25) is 0 Å². The van der Waals surface area contributed by atoms with Gasteiger partial charge in [-0.25, -0.2) is 9.97 Å². The van der Waals surface area contributed by atoms with Crippen molar-refractivity contribution in [2.45, 2.75) is 44.2 Å². The Morgan fingerprint density at radius 1 is 1.29 bits per heavy atom. The van der Waals surface area contributed by atoms with Crippen LogP contribution < -0.4 is 5.32 Å². The molecule has 0 bridgehead atoms. The number of hydrogen-bond donors (Lipinski definition) is 1. The number of imidazole rings is 1. The fourth-order valence-electron chi connectivity index (χ4n) is 3.60. The first kappa shape index (κ1) is 13.6. The highest BCUT2D eigenvalue weighted by molar-refractivity contribution is 7.99. The Morgan fingerprint density at radius 3 is 3.00 bits per heavy atom. The molecule has 5 heteroatoms. The van der Waals surface area contributed by atoms with E-state index in [1.54, 1.807) is 0 Å². The van der Waals surface area contributed by atoms with Crippen LogP contribution >= 0.6 is 11.8 Å². The number of hydrogen-bond acceptors (Lipinski definition) is 4. The Hall–Kier alpha value is -1.07. The summed E-state index contributed by atoms with van der Waals surface area (Å²) in [5, 5.41) is 3.60. The molecule has 2 aromatic heterocycles. The van der Waals surface area contributed by atoms with E-state index in [4.69, 9.17) is 4.98 Å². The molecule has 4 nitrogen and oxygen atoms in total. The molecule has 0 saturated carbocycles. The van der Waals surface area contributed by atoms with Gasteiger partial charge in [0.15, 0.2) is 5.65 Å². The van der Waals surface area contributed by atoms with E-state index in [2.05, 4.69) is 32.7 Å². The zero-order chi connectivity index (χ0) is 14.1. The highest BCUT2D eigenvalue weighted by Crippen LogP contribution is 2.31. The normalized spacial score (nSPS) is 23.9. The summed E-state index contributed by atoms with van der Waals surface area (Å²) in [6, 6.07) is 5.27. The minimum atomic E-state index is 0.586. The van der Waals surface area contributed by atoms with Crippen LogP contribution in [-0.4, -0.2) is 38.6 Å². The van der Waals surface area contributed by atoms with Crippen molar-refractivity contribution in [2.24, 2.45) is 0 Å². The molecule has 2 aromatic rings. The molecule has 4 heterocycles. The van der Waals surface area contributed by atoms with Gasteiger partial charge in [0.25, 0.3) is 0 Å². The van der Waals surface area contributed by atoms with Crippen LogP contribution in [0.3, 0.4) is 0 Å². The molecule has 0 aliphatic carbocycles. The smallest absolute Gasteiger partial charge is 0.160 e. The molecule has 1 N–H and O–H groups in total. The fraction of sp³-hybridized carbons (Fsp3) is 0.625. The standard InChI is InChI=1S/C16H22N4S/c1-3-12(17-7-1)11-15-19-14-4-2-8-18-16(14)20(15)13-5-9-21-10-6-13/h2,4,8,12-13,17H,1,3,5-7,9-11H2. The van der Waals surface area contributed by atoms with Gasteiger partial charge in [0.2, 0.25) is 0 Å². The topological polar surface area (TPSA) is 42.7 Å². The summed E-state index contributed by atoms with van der Waals surface area (Å²) in [6.07, 6.45) is 8.01. The summed E-state index contributed by atoms with van der Waals surface area (Å²) in [5.74, 6) is 3.76. The van der Waals surface area contributed by atoms with Crippen LogP contribution in [0.25, 0.3) is 11.2 Å². The summed E-state index contributed by atoms with van der Waals surface area (Å²) < 4.78 is 2.45. The van der Waals surface area contributed by atoms with Crippen LogP contribution in [-0.2, 0) is 6.42 Å². The number of aromatic nitrogens is 3. The molecule has 0 spiro atoms. The average Bonchev–Trinajstić information content (AvgIpc) is 3.15. The average molecular weight is 302 g/mol. The lowest BCUT2D eigenvalue weighted by Gasteiger charge is -2.25. The summed E-state index contributed by atoms with van der Waals surface area (Å²) >= 11 is 2.07. The molecule has 2 fully saturated rings. The van der Waals surface area contributed by atoms with E-state index < -0.39 is 0 Å². The third-order valence-electron chi connectivity index (χ3n) is 4.67. The first-order valence-electron chi connectivity index (χ1n) is 8.05. The lowest BCUT2D eigenvalue weighted by molar-refractivity contribution is 0.449. The van der Waals surface area contributed by atoms with Crippen molar-refractivity contribution in [2.75, 3.05) is 18.1 Å². The molecule has 2 saturated heterocycles. The predicted molar refractivity (Wildman–Crippen MR) is 87.9 cm³/mol. The van der Waals surface area contributed by atoms with Gasteiger partial charge in [-0.15, -0.1) is 0 Å². The van der Waals surface area contributed by atoms with Crippen molar-refractivity contribution >= 4 is 22.9 Å². The number of fused-ring (bicyclic) bond motifs is 1. The second kappa shape index (κ2) is 5.97. The summed E-state index contributed by atoms with van der Waals surface area (Å²) in [7, 11) is 0. The van der Waals surface area contributed by atoms with Gasteiger partial charge in [-0.1, -0.05) is 0 Å². The van der Waals surface area contributed by atoms with Crippen molar-refractivity contribution in [3.63, 3.8) is 0 Å². The van der Waals surface area contributed by atoms with E-state index >= 15 is 0 Å². The van der Waals surface area contributed by atoms with Gasteiger partial charge in [-0.2, -0.15) is 11.8 Å². The molecule has 1 atom stereocenters. The lowest BCUT2D eigenvalue weighted by Crippen LogP contribution is -2.27. The van der Waals surface area contributed by atoms with Gasteiger partial charge >= 0.3 is 0 Å². The number of nitrogens with zero attached hydrogens (tertiary/aromatic N) is 3. The molecule has 1 unspecified atom stereocenters. The summed E-state index contributed by atoms with van der Waals surface area (Å²) in [6.45, 7) is 1.16. The van der Waals surface area contributed by atoms with Gasteiger partial charge < -0.3 is 9.88 Å². The van der Waals surface area contributed by atoms with Crippen molar-refractivity contribution in [1.82, 2.24) is 19.9 Å². The highest BCUT2D eigenvalue weighted by Gasteiger charge is 2.24. The van der Waals surface area contributed by atoms with E-state index in [9.17, 15) is 0 Å². The molecule has 0 aromatic carbocycles. The third-order valence-corrected chi connectivity index (χ3v) is 5.72.